The molecule has 0 aliphatic carbocycles. The quantitative estimate of drug-likeness (QED) is 0.808. The van der Waals surface area contributed by atoms with Crippen LogP contribution in [0.2, 0.25) is 0 Å². The third-order valence-corrected chi connectivity index (χ3v) is 3.83. The topological polar surface area (TPSA) is 50.8 Å². The van der Waals surface area contributed by atoms with Gasteiger partial charge >= 0.3 is 6.61 Å². The number of hydrogen-bond acceptors (Lipinski definition) is 4. The summed E-state index contributed by atoms with van der Waals surface area (Å²) in [4.78, 5) is 14.6. The lowest BCUT2D eigenvalue weighted by atomic mass is 10.1. The molecule has 5 nitrogen and oxygen atoms in total. The molecule has 1 N–H and O–H groups in total. The van der Waals surface area contributed by atoms with Gasteiger partial charge in [0.25, 0.3) is 5.91 Å². The Labute approximate surface area is 146 Å². The average Bonchev–Trinajstić information content (AvgIpc) is 3.05. The predicted octanol–water partition coefficient (Wildman–Crippen LogP) is 2.93. The van der Waals surface area contributed by atoms with Gasteiger partial charge in [-0.2, -0.15) is 8.78 Å². The first kappa shape index (κ1) is 20.4. The third-order valence-electron chi connectivity index (χ3n) is 3.83. The van der Waals surface area contributed by atoms with Crippen molar-refractivity contribution in [1.29, 1.82) is 0 Å². The zero-order valence-electron chi connectivity index (χ0n) is 13.8. The minimum Gasteiger partial charge on any atom is -0.493 e. The first-order valence-corrected chi connectivity index (χ1v) is 7.71. The van der Waals surface area contributed by atoms with Crippen molar-refractivity contribution >= 4 is 18.3 Å². The van der Waals surface area contributed by atoms with Crippen LogP contribution in [0, 0.1) is 0 Å². The minimum absolute atomic E-state index is 0. The maximum atomic E-state index is 12.8. The van der Waals surface area contributed by atoms with E-state index in [0.29, 0.717) is 12.1 Å². The van der Waals surface area contributed by atoms with E-state index < -0.39 is 6.61 Å². The van der Waals surface area contributed by atoms with E-state index in [4.69, 9.17) is 4.74 Å². The van der Waals surface area contributed by atoms with Crippen molar-refractivity contribution in [3.63, 3.8) is 0 Å². The number of rotatable bonds is 7. The number of benzene rings is 1. The summed E-state index contributed by atoms with van der Waals surface area (Å²) in [6.07, 6.45) is 1.72. The Morgan fingerprint density at radius 1 is 1.42 bits per heavy atom. The highest BCUT2D eigenvalue weighted by atomic mass is 35.5. The first-order chi connectivity index (χ1) is 11.1. The van der Waals surface area contributed by atoms with Gasteiger partial charge in [-0.25, -0.2) is 0 Å². The van der Waals surface area contributed by atoms with E-state index >= 15 is 0 Å². The maximum absolute atomic E-state index is 12.8. The van der Waals surface area contributed by atoms with Crippen LogP contribution in [0.1, 0.15) is 30.1 Å². The molecule has 0 saturated carbocycles. The Bertz CT molecular complexity index is 540. The molecule has 0 aromatic heterocycles. The standard InChI is InChI=1S/C16H22F2N2O3.ClH/c1-3-8-20(12-6-7-19-10-12)15(21)11-4-5-13(22-2)14(9-11)23-16(17)18;/h4-5,9,12,16,19H,3,6-8,10H2,1-2H3;1H. The van der Waals surface area contributed by atoms with Gasteiger partial charge in [-0.3, -0.25) is 4.79 Å². The summed E-state index contributed by atoms with van der Waals surface area (Å²) in [7, 11) is 1.36. The highest BCUT2D eigenvalue weighted by molar-refractivity contribution is 5.95. The summed E-state index contributed by atoms with van der Waals surface area (Å²) in [6, 6.07) is 4.49. The van der Waals surface area contributed by atoms with Gasteiger partial charge in [-0.15, -0.1) is 12.4 Å². The van der Waals surface area contributed by atoms with Crippen molar-refractivity contribution in [2.24, 2.45) is 0 Å². The normalized spacial score (nSPS) is 16.6. The molecule has 0 spiro atoms. The van der Waals surface area contributed by atoms with Crippen molar-refractivity contribution in [2.45, 2.75) is 32.4 Å². The summed E-state index contributed by atoms with van der Waals surface area (Å²) < 4.78 is 34.5. The van der Waals surface area contributed by atoms with Crippen molar-refractivity contribution in [3.05, 3.63) is 23.8 Å². The molecule has 1 aromatic carbocycles. The lowest BCUT2D eigenvalue weighted by molar-refractivity contribution is -0.0512. The van der Waals surface area contributed by atoms with Crippen LogP contribution in [0.3, 0.4) is 0 Å². The van der Waals surface area contributed by atoms with Gasteiger partial charge in [0.1, 0.15) is 0 Å². The molecule has 1 atom stereocenters. The molecule has 2 rings (SSSR count). The molecule has 1 heterocycles. The summed E-state index contributed by atoms with van der Waals surface area (Å²) in [5.74, 6) is -0.136. The second kappa shape index (κ2) is 9.64. The van der Waals surface area contributed by atoms with E-state index in [-0.39, 0.29) is 35.9 Å². The molecule has 8 heteroatoms. The van der Waals surface area contributed by atoms with Crippen molar-refractivity contribution in [2.75, 3.05) is 26.7 Å². The molecule has 1 aliphatic heterocycles. The summed E-state index contributed by atoms with van der Waals surface area (Å²) in [6.45, 7) is 1.28. The highest BCUT2D eigenvalue weighted by Gasteiger charge is 2.27. The van der Waals surface area contributed by atoms with Crippen LogP contribution in [0.25, 0.3) is 0 Å². The monoisotopic (exact) mass is 364 g/mol. The second-order valence-corrected chi connectivity index (χ2v) is 5.39. The zero-order chi connectivity index (χ0) is 16.8. The molecule has 1 aromatic rings. The second-order valence-electron chi connectivity index (χ2n) is 5.39. The Kier molecular flexibility index (Phi) is 8.21. The summed E-state index contributed by atoms with van der Waals surface area (Å²) in [5, 5.41) is 3.24. The number of ether oxygens (including phenoxy) is 2. The number of halogens is 3. The number of nitrogens with one attached hydrogen (secondary N) is 1. The van der Waals surface area contributed by atoms with Gasteiger partial charge in [0.2, 0.25) is 0 Å². The lowest BCUT2D eigenvalue weighted by Crippen LogP contribution is -2.42. The molecule has 0 radical (unpaired) electrons. The minimum atomic E-state index is -2.97. The van der Waals surface area contributed by atoms with Crippen LogP contribution in [0.4, 0.5) is 8.78 Å². The van der Waals surface area contributed by atoms with Crippen LogP contribution in [-0.4, -0.2) is 50.2 Å². The molecule has 0 bridgehead atoms. The van der Waals surface area contributed by atoms with Crippen molar-refractivity contribution < 1.29 is 23.0 Å². The highest BCUT2D eigenvalue weighted by Crippen LogP contribution is 2.30. The van der Waals surface area contributed by atoms with Crippen LogP contribution in [-0.2, 0) is 0 Å². The fraction of sp³-hybridized carbons (Fsp3) is 0.562. The van der Waals surface area contributed by atoms with Crippen LogP contribution >= 0.6 is 12.4 Å². The lowest BCUT2D eigenvalue weighted by Gasteiger charge is -2.28. The van der Waals surface area contributed by atoms with Crippen LogP contribution in [0.5, 0.6) is 11.5 Å². The molecule has 24 heavy (non-hydrogen) atoms. The zero-order valence-corrected chi connectivity index (χ0v) is 14.6. The third kappa shape index (κ3) is 4.95. The Morgan fingerprint density at radius 3 is 2.71 bits per heavy atom. The van der Waals surface area contributed by atoms with Crippen LogP contribution in [0.15, 0.2) is 18.2 Å². The molecule has 1 saturated heterocycles. The molecule has 1 amide bonds. The first-order valence-electron chi connectivity index (χ1n) is 7.71. The van der Waals surface area contributed by atoms with E-state index in [0.717, 1.165) is 25.9 Å². The van der Waals surface area contributed by atoms with Gasteiger partial charge in [-0.05, 0) is 37.6 Å². The molecule has 136 valence electrons. The maximum Gasteiger partial charge on any atom is 0.387 e. The molecule has 1 fully saturated rings. The van der Waals surface area contributed by atoms with Crippen LogP contribution < -0.4 is 14.8 Å². The smallest absolute Gasteiger partial charge is 0.387 e. The molecular weight excluding hydrogens is 342 g/mol. The van der Waals surface area contributed by atoms with E-state index in [1.807, 2.05) is 6.92 Å². The Morgan fingerprint density at radius 2 is 2.17 bits per heavy atom. The fourth-order valence-corrected chi connectivity index (χ4v) is 2.76. The SMILES string of the molecule is CCCN(C(=O)c1ccc(OC)c(OC(F)F)c1)C1CCNC1.Cl. The Balaban J connectivity index is 0.00000288. The van der Waals surface area contributed by atoms with E-state index in [1.165, 1.54) is 19.2 Å². The van der Waals surface area contributed by atoms with Gasteiger partial charge < -0.3 is 19.7 Å². The number of alkyl halides is 2. The number of nitrogens with zero attached hydrogens (tertiary/aromatic N) is 1. The van der Waals surface area contributed by atoms with Crippen molar-refractivity contribution in [1.82, 2.24) is 10.2 Å². The van der Waals surface area contributed by atoms with Crippen molar-refractivity contribution in [3.8, 4) is 11.5 Å². The van der Waals surface area contributed by atoms with Gasteiger partial charge in [-0.1, -0.05) is 6.92 Å². The van der Waals surface area contributed by atoms with Gasteiger partial charge in [0.05, 0.1) is 7.11 Å². The fourth-order valence-electron chi connectivity index (χ4n) is 2.76. The van der Waals surface area contributed by atoms with Gasteiger partial charge in [0, 0.05) is 24.7 Å². The summed E-state index contributed by atoms with van der Waals surface area (Å²) >= 11 is 0. The number of carbonyl (C=O) groups excluding carboxylic acids is 1. The molecule has 1 unspecified atom stereocenters. The summed E-state index contributed by atoms with van der Waals surface area (Å²) in [5.41, 5.74) is 0.321. The number of amides is 1. The van der Waals surface area contributed by atoms with E-state index in [9.17, 15) is 13.6 Å². The van der Waals surface area contributed by atoms with E-state index in [1.54, 1.807) is 11.0 Å². The van der Waals surface area contributed by atoms with E-state index in [2.05, 4.69) is 10.1 Å². The number of hydrogen-bond donors (Lipinski definition) is 1. The average molecular weight is 365 g/mol. The molecular formula is C16H23ClF2N2O3. The molecule has 1 aliphatic rings. The number of carbonyl (C=O) groups is 1. The predicted molar refractivity (Wildman–Crippen MR) is 89.5 cm³/mol. The largest absolute Gasteiger partial charge is 0.493 e. The number of methoxy groups -OCH3 is 1. The Hall–Kier alpha value is -1.60. The van der Waals surface area contributed by atoms with Gasteiger partial charge in [0.15, 0.2) is 11.5 Å².